The molecule has 2 aliphatic heterocycles. The molecule has 0 radical (unpaired) electrons. The van der Waals surface area contributed by atoms with Crippen LogP contribution in [0.4, 0.5) is 44.5 Å². The number of aromatic hydroxyl groups is 1. The van der Waals surface area contributed by atoms with Crippen LogP contribution in [-0.4, -0.2) is 73.6 Å². The summed E-state index contributed by atoms with van der Waals surface area (Å²) in [5.74, 6) is -0.202. The number of nitrogens with one attached hydrogen (secondary N) is 3. The number of rotatable bonds is 9. The maximum Gasteiger partial charge on any atom is 0.247 e. The Morgan fingerprint density at radius 3 is 2.27 bits per heavy atom. The van der Waals surface area contributed by atoms with Crippen LogP contribution in [0.1, 0.15) is 0 Å². The fourth-order valence-electron chi connectivity index (χ4n) is 5.28. The second-order valence-corrected chi connectivity index (χ2v) is 10.5. The van der Waals surface area contributed by atoms with Crippen molar-refractivity contribution in [1.82, 2.24) is 9.97 Å². The zero-order chi connectivity index (χ0) is 31.2. The minimum Gasteiger partial charge on any atom is -0.506 e. The van der Waals surface area contributed by atoms with Crippen molar-refractivity contribution < 1.29 is 23.8 Å². The van der Waals surface area contributed by atoms with E-state index in [1.54, 1.807) is 42.6 Å². The molecule has 3 aromatic carbocycles. The van der Waals surface area contributed by atoms with Gasteiger partial charge in [-0.1, -0.05) is 18.7 Å². The summed E-state index contributed by atoms with van der Waals surface area (Å²) in [5, 5.41) is 19.8. The largest absolute Gasteiger partial charge is 0.506 e. The van der Waals surface area contributed by atoms with Crippen molar-refractivity contribution in [2.45, 2.75) is 0 Å². The summed E-state index contributed by atoms with van der Waals surface area (Å²) in [5.41, 5.74) is 4.73. The average molecular weight is 612 g/mol. The van der Waals surface area contributed by atoms with Crippen LogP contribution >= 0.6 is 0 Å². The van der Waals surface area contributed by atoms with E-state index in [4.69, 9.17) is 14.5 Å². The number of nitrogens with zero attached hydrogens (tertiary/aromatic N) is 4. The van der Waals surface area contributed by atoms with E-state index >= 15 is 4.39 Å². The Kier molecular flexibility index (Phi) is 9.04. The normalized spacial score (nSPS) is 15.0. The van der Waals surface area contributed by atoms with E-state index in [-0.39, 0.29) is 17.5 Å². The summed E-state index contributed by atoms with van der Waals surface area (Å²) >= 11 is 0. The van der Waals surface area contributed by atoms with Crippen molar-refractivity contribution in [2.75, 3.05) is 78.4 Å². The lowest BCUT2D eigenvalue weighted by molar-refractivity contribution is -0.111. The molecule has 6 rings (SSSR count). The molecule has 0 atom stereocenters. The second kappa shape index (κ2) is 13.6. The van der Waals surface area contributed by atoms with Crippen molar-refractivity contribution >= 4 is 46.0 Å². The summed E-state index contributed by atoms with van der Waals surface area (Å²) in [7, 11) is 0. The molecule has 11 nitrogen and oxygen atoms in total. The number of benzene rings is 3. The van der Waals surface area contributed by atoms with Crippen molar-refractivity contribution in [3.8, 4) is 17.0 Å². The lowest BCUT2D eigenvalue weighted by Gasteiger charge is -2.29. The van der Waals surface area contributed by atoms with Crippen LogP contribution in [0.2, 0.25) is 0 Å². The molecule has 0 spiro atoms. The Bertz CT molecular complexity index is 1690. The lowest BCUT2D eigenvalue weighted by Crippen LogP contribution is -2.36. The topological polar surface area (TPSA) is 124 Å². The van der Waals surface area contributed by atoms with Gasteiger partial charge in [0.25, 0.3) is 0 Å². The number of phenols is 1. The highest BCUT2D eigenvalue weighted by Gasteiger charge is 2.18. The summed E-state index contributed by atoms with van der Waals surface area (Å²) in [6.07, 6.45) is 2.82. The van der Waals surface area contributed by atoms with Gasteiger partial charge in [-0.3, -0.25) is 4.79 Å². The molecule has 2 aliphatic rings. The fourth-order valence-corrected chi connectivity index (χ4v) is 5.28. The molecule has 45 heavy (non-hydrogen) atoms. The Morgan fingerprint density at radius 1 is 0.867 bits per heavy atom. The van der Waals surface area contributed by atoms with Gasteiger partial charge < -0.3 is 40.3 Å². The molecule has 4 N–H and O–H groups in total. The highest BCUT2D eigenvalue weighted by molar-refractivity contribution is 5.99. The molecule has 2 fully saturated rings. The number of ether oxygens (including phenoxy) is 2. The predicted octanol–water partition coefficient (Wildman–Crippen LogP) is 5.27. The van der Waals surface area contributed by atoms with Gasteiger partial charge in [0.2, 0.25) is 11.9 Å². The molecule has 0 bridgehead atoms. The Labute approximate surface area is 260 Å². The number of hydrogen-bond acceptors (Lipinski definition) is 10. The number of carbonyl (C=O) groups is 1. The second-order valence-electron chi connectivity index (χ2n) is 10.5. The van der Waals surface area contributed by atoms with Crippen molar-refractivity contribution in [3.63, 3.8) is 0 Å². The van der Waals surface area contributed by atoms with Gasteiger partial charge in [-0.15, -0.1) is 0 Å². The van der Waals surface area contributed by atoms with Gasteiger partial charge in [-0.25, -0.2) is 14.4 Å². The maximum atomic E-state index is 15.2. The third-order valence-electron chi connectivity index (χ3n) is 7.54. The van der Waals surface area contributed by atoms with Crippen LogP contribution in [0, 0.1) is 5.82 Å². The molecular formula is C33H34FN7O4. The Balaban J connectivity index is 1.32. The Hall–Kier alpha value is -5.20. The van der Waals surface area contributed by atoms with E-state index < -0.39 is 0 Å². The van der Waals surface area contributed by atoms with Gasteiger partial charge in [-0.05, 0) is 54.6 Å². The molecule has 2 saturated heterocycles. The summed E-state index contributed by atoms with van der Waals surface area (Å²) in [6.45, 7) is 8.42. The van der Waals surface area contributed by atoms with Crippen LogP contribution < -0.4 is 25.8 Å². The zero-order valence-electron chi connectivity index (χ0n) is 24.6. The van der Waals surface area contributed by atoms with Gasteiger partial charge in [0.05, 0.1) is 55.4 Å². The molecule has 0 saturated carbocycles. The van der Waals surface area contributed by atoms with Gasteiger partial charge in [-0.2, -0.15) is 0 Å². The number of carbonyl (C=O) groups excluding carboxylic acids is 1. The number of phenolic OH excluding ortho intramolecular Hbond substituents is 1. The number of aromatic nitrogens is 2. The van der Waals surface area contributed by atoms with Gasteiger partial charge in [0.15, 0.2) is 0 Å². The lowest BCUT2D eigenvalue weighted by atomic mass is 10.1. The highest BCUT2D eigenvalue weighted by Crippen LogP contribution is 2.35. The first-order chi connectivity index (χ1) is 22.0. The van der Waals surface area contributed by atoms with E-state index in [9.17, 15) is 9.90 Å². The minimum absolute atomic E-state index is 0.175. The molecule has 0 unspecified atom stereocenters. The number of hydrogen-bond donors (Lipinski definition) is 4. The van der Waals surface area contributed by atoms with Crippen LogP contribution in [-0.2, 0) is 14.3 Å². The predicted molar refractivity (Wildman–Crippen MR) is 173 cm³/mol. The quantitative estimate of drug-likeness (QED) is 0.147. The van der Waals surface area contributed by atoms with E-state index in [1.807, 2.05) is 23.1 Å². The number of morpholine rings is 2. The Morgan fingerprint density at radius 2 is 1.56 bits per heavy atom. The third kappa shape index (κ3) is 7.14. The fraction of sp³-hybridized carbons (Fsp3) is 0.242. The average Bonchev–Trinajstić information content (AvgIpc) is 3.07. The molecule has 1 aromatic heterocycles. The third-order valence-corrected chi connectivity index (χ3v) is 7.54. The summed E-state index contributed by atoms with van der Waals surface area (Å²) in [4.78, 5) is 25.4. The number of halogens is 1. The highest BCUT2D eigenvalue weighted by atomic mass is 19.1. The van der Waals surface area contributed by atoms with Crippen LogP contribution in [0.3, 0.4) is 0 Å². The van der Waals surface area contributed by atoms with E-state index in [0.717, 1.165) is 0 Å². The molecular weight excluding hydrogens is 577 g/mol. The number of amides is 1. The first-order valence-corrected chi connectivity index (χ1v) is 14.7. The van der Waals surface area contributed by atoms with Crippen molar-refractivity contribution in [3.05, 3.63) is 85.3 Å². The van der Waals surface area contributed by atoms with Crippen LogP contribution in [0.15, 0.2) is 79.5 Å². The molecule has 0 aliphatic carbocycles. The molecule has 232 valence electrons. The first-order valence-electron chi connectivity index (χ1n) is 14.7. The molecule has 4 aromatic rings. The van der Waals surface area contributed by atoms with E-state index in [0.29, 0.717) is 104 Å². The van der Waals surface area contributed by atoms with Gasteiger partial charge >= 0.3 is 0 Å². The zero-order valence-corrected chi connectivity index (χ0v) is 24.6. The smallest absolute Gasteiger partial charge is 0.247 e. The van der Waals surface area contributed by atoms with Crippen molar-refractivity contribution in [1.29, 1.82) is 0 Å². The summed E-state index contributed by atoms with van der Waals surface area (Å²) in [6, 6.07) is 17.5. The minimum atomic E-state index is -0.347. The number of anilines is 7. The molecule has 1 amide bonds. The van der Waals surface area contributed by atoms with E-state index in [1.165, 1.54) is 12.1 Å². The van der Waals surface area contributed by atoms with Gasteiger partial charge in [0, 0.05) is 48.8 Å². The van der Waals surface area contributed by atoms with E-state index in [2.05, 4.69) is 32.4 Å². The van der Waals surface area contributed by atoms with Gasteiger partial charge in [0.1, 0.15) is 11.6 Å². The standard InChI is InChI=1S/C33H34FN7O4/c1-2-31(43)37-23-5-3-4-22(18-23)32-27(36-24-6-8-28(26(34)19-24)40-10-14-44-15-11-40)21-35-33(39-32)38-25-7-9-30(42)29(20-25)41-12-16-45-17-13-41/h2-9,18-21,36,42H,1,10-17H2,(H,37,43)(H,35,38,39). The first kappa shape index (κ1) is 29.9. The maximum absolute atomic E-state index is 15.2. The monoisotopic (exact) mass is 611 g/mol. The van der Waals surface area contributed by atoms with Crippen LogP contribution in [0.5, 0.6) is 5.75 Å². The molecule has 3 heterocycles. The van der Waals surface area contributed by atoms with Crippen molar-refractivity contribution in [2.24, 2.45) is 0 Å². The summed E-state index contributed by atoms with van der Waals surface area (Å²) < 4.78 is 26.1. The van der Waals surface area contributed by atoms with Crippen LogP contribution in [0.25, 0.3) is 11.3 Å². The molecule has 12 heteroatoms. The SMILES string of the molecule is C=CC(=O)Nc1cccc(-c2nc(Nc3ccc(O)c(N4CCOCC4)c3)ncc2Nc2ccc(N3CCOCC3)c(F)c2)c1.